The van der Waals surface area contributed by atoms with Crippen molar-refractivity contribution in [3.05, 3.63) is 52.5 Å². The van der Waals surface area contributed by atoms with Crippen LogP contribution in [0.1, 0.15) is 5.56 Å². The second-order valence-electron chi connectivity index (χ2n) is 5.04. The summed E-state index contributed by atoms with van der Waals surface area (Å²) in [7, 11) is 0. The van der Waals surface area contributed by atoms with Crippen LogP contribution in [-0.2, 0) is 11.2 Å². The molecule has 0 fully saturated rings. The highest BCUT2D eigenvalue weighted by molar-refractivity contribution is 9.10. The lowest BCUT2D eigenvalue weighted by Gasteiger charge is -2.09. The number of hydrogen-bond donors (Lipinski definition) is 1. The Labute approximate surface area is 139 Å². The van der Waals surface area contributed by atoms with E-state index in [4.69, 9.17) is 4.74 Å². The van der Waals surface area contributed by atoms with Crippen molar-refractivity contribution in [1.29, 1.82) is 0 Å². The van der Waals surface area contributed by atoms with Gasteiger partial charge in [-0.1, -0.05) is 45.5 Å². The van der Waals surface area contributed by atoms with Crippen LogP contribution in [0, 0.1) is 0 Å². The van der Waals surface area contributed by atoms with Crippen LogP contribution >= 0.6 is 27.3 Å². The van der Waals surface area contributed by atoms with Crippen LogP contribution < -0.4 is 10.1 Å². The summed E-state index contributed by atoms with van der Waals surface area (Å²) in [6, 6.07) is 13.6. The largest absolute Gasteiger partial charge is 0.480 e. The van der Waals surface area contributed by atoms with E-state index in [-0.39, 0.29) is 5.91 Å². The summed E-state index contributed by atoms with van der Waals surface area (Å²) in [5.74, 6) is 0.630. The number of nitrogens with zero attached hydrogens (tertiary/aromatic N) is 1. The van der Waals surface area contributed by atoms with Crippen molar-refractivity contribution in [3.8, 4) is 5.75 Å². The molecule has 0 radical (unpaired) electrons. The number of anilines is 1. The van der Waals surface area contributed by atoms with Gasteiger partial charge in [-0.3, -0.25) is 10.1 Å². The Bertz CT molecular complexity index is 852. The minimum Gasteiger partial charge on any atom is -0.480 e. The molecule has 0 aliphatic carbocycles. The third-order valence-electron chi connectivity index (χ3n) is 3.52. The number of rotatable bonds is 2. The molecule has 0 spiro atoms. The molecule has 1 aromatic heterocycles. The van der Waals surface area contributed by atoms with Gasteiger partial charge in [-0.15, -0.1) is 0 Å². The summed E-state index contributed by atoms with van der Waals surface area (Å²) in [4.78, 5) is 16.8. The summed E-state index contributed by atoms with van der Waals surface area (Å²) in [5, 5.41) is 3.45. The predicted octanol–water partition coefficient (Wildman–Crippen LogP) is 4.00. The average molecular weight is 375 g/mol. The maximum absolute atomic E-state index is 12.3. The van der Waals surface area contributed by atoms with Gasteiger partial charge in [-0.2, -0.15) is 0 Å². The number of hydrogen-bond acceptors (Lipinski definition) is 4. The summed E-state index contributed by atoms with van der Waals surface area (Å²) in [5.41, 5.74) is 1.94. The smallest absolute Gasteiger partial charge is 0.267 e. The Kier molecular flexibility index (Phi) is 3.35. The fourth-order valence-corrected chi connectivity index (χ4v) is 3.89. The highest BCUT2D eigenvalue weighted by atomic mass is 79.9. The van der Waals surface area contributed by atoms with Gasteiger partial charge >= 0.3 is 0 Å². The van der Waals surface area contributed by atoms with Gasteiger partial charge in [0.15, 0.2) is 11.2 Å². The van der Waals surface area contributed by atoms with Crippen molar-refractivity contribution in [2.75, 3.05) is 5.32 Å². The first-order valence-corrected chi connectivity index (χ1v) is 8.41. The van der Waals surface area contributed by atoms with Crippen molar-refractivity contribution in [3.63, 3.8) is 0 Å². The van der Waals surface area contributed by atoms with Gasteiger partial charge in [0.2, 0.25) is 0 Å². The second kappa shape index (κ2) is 5.37. The van der Waals surface area contributed by atoms with Gasteiger partial charge < -0.3 is 4.74 Å². The van der Waals surface area contributed by atoms with Gasteiger partial charge in [0, 0.05) is 10.9 Å². The van der Waals surface area contributed by atoms with Crippen LogP contribution in [0.15, 0.2) is 46.9 Å². The van der Waals surface area contributed by atoms with Gasteiger partial charge in [-0.05, 0) is 29.8 Å². The zero-order valence-electron chi connectivity index (χ0n) is 11.4. The van der Waals surface area contributed by atoms with E-state index in [0.717, 1.165) is 26.0 Å². The highest BCUT2D eigenvalue weighted by Crippen LogP contribution is 2.31. The first kappa shape index (κ1) is 13.7. The molecule has 6 heteroatoms. The SMILES string of the molecule is O=C(Nc1nc2ccc(Br)cc2s1)[C@@H]1Cc2ccccc2O1. The minimum atomic E-state index is -0.490. The zero-order valence-corrected chi connectivity index (χ0v) is 13.8. The molecule has 1 atom stereocenters. The third-order valence-corrected chi connectivity index (χ3v) is 4.95. The molecule has 0 saturated heterocycles. The topological polar surface area (TPSA) is 51.2 Å². The minimum absolute atomic E-state index is 0.158. The van der Waals surface area contributed by atoms with Crippen LogP contribution in [0.5, 0.6) is 5.75 Å². The quantitative estimate of drug-likeness (QED) is 0.737. The molecule has 0 saturated carbocycles. The Morgan fingerprint density at radius 1 is 1.32 bits per heavy atom. The summed E-state index contributed by atoms with van der Waals surface area (Å²) < 4.78 is 7.72. The van der Waals surface area contributed by atoms with Crippen LogP contribution in [0.4, 0.5) is 5.13 Å². The summed E-state index contributed by atoms with van der Waals surface area (Å²) in [6.07, 6.45) is 0.106. The Morgan fingerprint density at radius 3 is 3.05 bits per heavy atom. The monoisotopic (exact) mass is 374 g/mol. The normalized spacial score (nSPS) is 16.3. The van der Waals surface area contributed by atoms with Crippen molar-refractivity contribution in [2.24, 2.45) is 0 Å². The molecule has 1 aliphatic heterocycles. The lowest BCUT2D eigenvalue weighted by atomic mass is 10.1. The predicted molar refractivity (Wildman–Crippen MR) is 90.5 cm³/mol. The average Bonchev–Trinajstić information content (AvgIpc) is 3.09. The number of carbonyl (C=O) groups excluding carboxylic acids is 1. The number of ether oxygens (including phenoxy) is 1. The number of nitrogens with one attached hydrogen (secondary N) is 1. The molecule has 2 aromatic carbocycles. The third kappa shape index (κ3) is 2.48. The molecule has 0 unspecified atom stereocenters. The zero-order chi connectivity index (χ0) is 15.1. The van der Waals surface area contributed by atoms with Gasteiger partial charge in [-0.25, -0.2) is 4.98 Å². The Balaban J connectivity index is 1.52. The molecule has 0 bridgehead atoms. The number of para-hydroxylation sites is 1. The van der Waals surface area contributed by atoms with Crippen molar-refractivity contribution < 1.29 is 9.53 Å². The highest BCUT2D eigenvalue weighted by Gasteiger charge is 2.29. The molecule has 22 heavy (non-hydrogen) atoms. The fraction of sp³-hybridized carbons (Fsp3) is 0.125. The van der Waals surface area contributed by atoms with E-state index in [1.807, 2.05) is 42.5 Å². The maximum Gasteiger partial charge on any atom is 0.267 e. The van der Waals surface area contributed by atoms with Crippen molar-refractivity contribution in [1.82, 2.24) is 4.98 Å². The number of aromatic nitrogens is 1. The molecular weight excluding hydrogens is 364 g/mol. The van der Waals surface area contributed by atoms with E-state index < -0.39 is 6.10 Å². The Hall–Kier alpha value is -1.92. The molecule has 4 nitrogen and oxygen atoms in total. The van der Waals surface area contributed by atoms with Crippen LogP contribution in [0.2, 0.25) is 0 Å². The first-order valence-electron chi connectivity index (χ1n) is 6.80. The summed E-state index contributed by atoms with van der Waals surface area (Å²) in [6.45, 7) is 0. The molecule has 1 N–H and O–H groups in total. The van der Waals surface area contributed by atoms with E-state index in [1.54, 1.807) is 0 Å². The summed E-state index contributed by atoms with van der Waals surface area (Å²) >= 11 is 4.89. The lowest BCUT2D eigenvalue weighted by molar-refractivity contribution is -0.122. The van der Waals surface area contributed by atoms with Crippen molar-refractivity contribution >= 4 is 48.5 Å². The van der Waals surface area contributed by atoms with E-state index in [1.165, 1.54) is 11.3 Å². The molecule has 4 rings (SSSR count). The number of thiazole rings is 1. The molecule has 2 heterocycles. The van der Waals surface area contributed by atoms with Gasteiger partial charge in [0.25, 0.3) is 5.91 Å². The van der Waals surface area contributed by atoms with Gasteiger partial charge in [0.1, 0.15) is 5.75 Å². The van der Waals surface area contributed by atoms with Crippen LogP contribution in [-0.4, -0.2) is 17.0 Å². The maximum atomic E-state index is 12.3. The van der Waals surface area contributed by atoms with E-state index in [9.17, 15) is 4.79 Å². The first-order chi connectivity index (χ1) is 10.7. The number of fused-ring (bicyclic) bond motifs is 2. The lowest BCUT2D eigenvalue weighted by Crippen LogP contribution is -2.31. The molecular formula is C16H11BrN2O2S. The van der Waals surface area contributed by atoms with Crippen molar-refractivity contribution in [2.45, 2.75) is 12.5 Å². The standard InChI is InChI=1S/C16H11BrN2O2S/c17-10-5-6-11-14(8-10)22-16(18-11)19-15(20)13-7-9-3-1-2-4-12(9)21-13/h1-6,8,13H,7H2,(H,18,19,20)/t13-/m0/s1. The number of benzene rings is 2. The number of amides is 1. The molecule has 1 aliphatic rings. The van der Waals surface area contributed by atoms with E-state index in [2.05, 4.69) is 26.2 Å². The fourth-order valence-electron chi connectivity index (χ4n) is 2.47. The van der Waals surface area contributed by atoms with Crippen LogP contribution in [0.3, 0.4) is 0 Å². The molecule has 110 valence electrons. The number of halogens is 1. The number of carbonyl (C=O) groups is 1. The van der Waals surface area contributed by atoms with Gasteiger partial charge in [0.05, 0.1) is 10.2 Å². The van der Waals surface area contributed by atoms with E-state index in [0.29, 0.717) is 11.6 Å². The van der Waals surface area contributed by atoms with E-state index >= 15 is 0 Å². The van der Waals surface area contributed by atoms with Crippen LogP contribution in [0.25, 0.3) is 10.2 Å². The second-order valence-corrected chi connectivity index (χ2v) is 6.98. The Morgan fingerprint density at radius 2 is 2.18 bits per heavy atom. The molecule has 3 aromatic rings. The molecule has 1 amide bonds.